The zero-order valence-corrected chi connectivity index (χ0v) is 10.9. The largest absolute Gasteiger partial charge is 0.467 e. The quantitative estimate of drug-likeness (QED) is 0.872. The van der Waals surface area contributed by atoms with Gasteiger partial charge in [-0.05, 0) is 12.1 Å². The van der Waals surface area contributed by atoms with E-state index in [-0.39, 0.29) is 23.2 Å². The predicted molar refractivity (Wildman–Crippen MR) is 70.4 cm³/mol. The van der Waals surface area contributed by atoms with E-state index in [2.05, 4.69) is 15.3 Å². The van der Waals surface area contributed by atoms with Crippen LogP contribution in [0.5, 0.6) is 0 Å². The van der Waals surface area contributed by atoms with Crippen LogP contribution in [0, 0.1) is 0 Å². The Kier molecular flexibility index (Phi) is 3.79. The van der Waals surface area contributed by atoms with E-state index < -0.39 is 0 Å². The number of anilines is 1. The first-order valence-electron chi connectivity index (χ1n) is 6.01. The van der Waals surface area contributed by atoms with Crippen molar-refractivity contribution < 1.29 is 9.21 Å². The molecule has 0 bridgehead atoms. The molecule has 2 aromatic rings. The van der Waals surface area contributed by atoms with Crippen molar-refractivity contribution in [3.63, 3.8) is 0 Å². The Balaban J connectivity index is 2.11. The zero-order chi connectivity index (χ0) is 13.8. The fourth-order valence-electron chi connectivity index (χ4n) is 1.53. The summed E-state index contributed by atoms with van der Waals surface area (Å²) in [5, 5.41) is 2.71. The monoisotopic (exact) mass is 260 g/mol. The average molecular weight is 260 g/mol. The molecule has 0 atom stereocenters. The van der Waals surface area contributed by atoms with E-state index in [4.69, 9.17) is 10.2 Å². The van der Waals surface area contributed by atoms with Crippen LogP contribution in [0.4, 0.5) is 5.69 Å². The molecule has 0 unspecified atom stereocenters. The molecule has 0 fully saturated rings. The summed E-state index contributed by atoms with van der Waals surface area (Å²) in [5.41, 5.74) is 6.19. The second-order valence-electron chi connectivity index (χ2n) is 4.45. The number of amides is 1. The van der Waals surface area contributed by atoms with Gasteiger partial charge in [0.1, 0.15) is 11.6 Å². The number of carbonyl (C=O) groups is 1. The number of furan rings is 1. The molecule has 0 aliphatic heterocycles. The third-order valence-corrected chi connectivity index (χ3v) is 2.57. The van der Waals surface area contributed by atoms with Crippen molar-refractivity contribution in [3.8, 4) is 0 Å². The lowest BCUT2D eigenvalue weighted by Gasteiger charge is -2.08. The van der Waals surface area contributed by atoms with Crippen LogP contribution in [-0.4, -0.2) is 15.9 Å². The van der Waals surface area contributed by atoms with Gasteiger partial charge < -0.3 is 15.5 Å². The van der Waals surface area contributed by atoms with Crippen LogP contribution in [-0.2, 0) is 6.54 Å². The van der Waals surface area contributed by atoms with Crippen molar-refractivity contribution in [1.29, 1.82) is 0 Å². The second kappa shape index (κ2) is 5.51. The molecule has 3 N–H and O–H groups in total. The number of nitrogens with two attached hydrogens (primary N) is 1. The van der Waals surface area contributed by atoms with Crippen LogP contribution in [0.3, 0.4) is 0 Å². The van der Waals surface area contributed by atoms with Crippen LogP contribution in [0.15, 0.2) is 29.0 Å². The van der Waals surface area contributed by atoms with Gasteiger partial charge in [0.15, 0.2) is 5.69 Å². The van der Waals surface area contributed by atoms with Gasteiger partial charge in [0.2, 0.25) is 0 Å². The SMILES string of the molecule is CC(C)c1ncc(N)c(C(=O)NCc2ccco2)n1. The van der Waals surface area contributed by atoms with E-state index in [9.17, 15) is 4.79 Å². The van der Waals surface area contributed by atoms with Gasteiger partial charge in [-0.3, -0.25) is 4.79 Å². The molecule has 0 saturated carbocycles. The lowest BCUT2D eigenvalue weighted by Crippen LogP contribution is -2.25. The third kappa shape index (κ3) is 3.09. The first-order valence-corrected chi connectivity index (χ1v) is 6.01. The minimum absolute atomic E-state index is 0.136. The number of nitrogen functional groups attached to an aromatic ring is 1. The molecule has 19 heavy (non-hydrogen) atoms. The second-order valence-corrected chi connectivity index (χ2v) is 4.45. The molecule has 1 amide bonds. The normalized spacial score (nSPS) is 10.7. The van der Waals surface area contributed by atoms with Crippen molar-refractivity contribution in [2.75, 3.05) is 5.73 Å². The zero-order valence-electron chi connectivity index (χ0n) is 10.9. The Morgan fingerprint density at radius 2 is 2.32 bits per heavy atom. The molecule has 0 spiro atoms. The highest BCUT2D eigenvalue weighted by atomic mass is 16.3. The van der Waals surface area contributed by atoms with E-state index in [1.54, 1.807) is 18.4 Å². The number of nitrogens with one attached hydrogen (secondary N) is 1. The Morgan fingerprint density at radius 3 is 2.95 bits per heavy atom. The molecule has 6 nitrogen and oxygen atoms in total. The number of hydrogen-bond acceptors (Lipinski definition) is 5. The predicted octanol–water partition coefficient (Wildman–Crippen LogP) is 1.71. The third-order valence-electron chi connectivity index (χ3n) is 2.57. The number of carbonyl (C=O) groups excluding carboxylic acids is 1. The summed E-state index contributed by atoms with van der Waals surface area (Å²) in [6.45, 7) is 4.21. The van der Waals surface area contributed by atoms with Crippen LogP contribution in [0.25, 0.3) is 0 Å². The van der Waals surface area contributed by atoms with Crippen molar-refractivity contribution in [2.45, 2.75) is 26.3 Å². The number of rotatable bonds is 4. The van der Waals surface area contributed by atoms with Gasteiger partial charge in [-0.2, -0.15) is 0 Å². The van der Waals surface area contributed by atoms with Crippen molar-refractivity contribution in [1.82, 2.24) is 15.3 Å². The van der Waals surface area contributed by atoms with Crippen molar-refractivity contribution in [2.24, 2.45) is 0 Å². The maximum Gasteiger partial charge on any atom is 0.272 e. The highest BCUT2D eigenvalue weighted by Gasteiger charge is 2.14. The summed E-state index contributed by atoms with van der Waals surface area (Å²) in [4.78, 5) is 20.3. The average Bonchev–Trinajstić information content (AvgIpc) is 2.89. The van der Waals surface area contributed by atoms with Gasteiger partial charge in [0.05, 0.1) is 24.7 Å². The summed E-state index contributed by atoms with van der Waals surface area (Å²) in [6.07, 6.45) is 3.02. The van der Waals surface area contributed by atoms with Gasteiger partial charge in [-0.1, -0.05) is 13.8 Å². The number of hydrogen-bond donors (Lipinski definition) is 2. The van der Waals surface area contributed by atoms with Crippen LogP contribution >= 0.6 is 0 Å². The molecular weight excluding hydrogens is 244 g/mol. The Labute approximate surface area is 111 Å². The van der Waals surface area contributed by atoms with Gasteiger partial charge >= 0.3 is 0 Å². The molecule has 0 aliphatic carbocycles. The molecule has 0 radical (unpaired) electrons. The Morgan fingerprint density at radius 1 is 1.53 bits per heavy atom. The lowest BCUT2D eigenvalue weighted by molar-refractivity contribution is 0.0943. The minimum atomic E-state index is -0.335. The van der Waals surface area contributed by atoms with E-state index in [1.807, 2.05) is 13.8 Å². The maximum absolute atomic E-state index is 12.0. The lowest BCUT2D eigenvalue weighted by atomic mass is 10.2. The standard InChI is InChI=1S/C13H16N4O2/c1-8(2)12-15-7-10(14)11(17-12)13(18)16-6-9-4-3-5-19-9/h3-5,7-8H,6,14H2,1-2H3,(H,16,18). The highest BCUT2D eigenvalue weighted by molar-refractivity contribution is 5.96. The molecule has 0 aromatic carbocycles. The fraction of sp³-hybridized carbons (Fsp3) is 0.308. The Bertz CT molecular complexity index is 564. The molecule has 2 rings (SSSR count). The first kappa shape index (κ1) is 13.1. The van der Waals surface area contributed by atoms with E-state index in [0.717, 1.165) is 0 Å². The van der Waals surface area contributed by atoms with Gasteiger partial charge in [-0.25, -0.2) is 9.97 Å². The van der Waals surface area contributed by atoms with Crippen LogP contribution in [0.2, 0.25) is 0 Å². The fourth-order valence-corrected chi connectivity index (χ4v) is 1.53. The van der Waals surface area contributed by atoms with Gasteiger partial charge in [0.25, 0.3) is 5.91 Å². The maximum atomic E-state index is 12.0. The molecular formula is C13H16N4O2. The Hall–Kier alpha value is -2.37. The number of aromatic nitrogens is 2. The highest BCUT2D eigenvalue weighted by Crippen LogP contribution is 2.13. The van der Waals surface area contributed by atoms with Gasteiger partial charge in [0, 0.05) is 5.92 Å². The van der Waals surface area contributed by atoms with E-state index in [0.29, 0.717) is 18.1 Å². The molecule has 2 aromatic heterocycles. The van der Waals surface area contributed by atoms with Gasteiger partial charge in [-0.15, -0.1) is 0 Å². The number of nitrogens with zero attached hydrogens (tertiary/aromatic N) is 2. The van der Waals surface area contributed by atoms with E-state index in [1.165, 1.54) is 6.20 Å². The summed E-state index contributed by atoms with van der Waals surface area (Å²) in [5.74, 6) is 1.07. The molecule has 0 aliphatic rings. The minimum Gasteiger partial charge on any atom is -0.467 e. The summed E-state index contributed by atoms with van der Waals surface area (Å²) < 4.78 is 5.13. The molecule has 0 saturated heterocycles. The first-order chi connectivity index (χ1) is 9.08. The summed E-state index contributed by atoms with van der Waals surface area (Å²) in [6, 6.07) is 3.54. The molecule has 2 heterocycles. The van der Waals surface area contributed by atoms with Crippen molar-refractivity contribution >= 4 is 11.6 Å². The molecule has 6 heteroatoms. The molecule has 100 valence electrons. The van der Waals surface area contributed by atoms with Crippen LogP contribution < -0.4 is 11.1 Å². The summed E-state index contributed by atoms with van der Waals surface area (Å²) in [7, 11) is 0. The van der Waals surface area contributed by atoms with Crippen LogP contribution in [0.1, 0.15) is 41.8 Å². The van der Waals surface area contributed by atoms with E-state index >= 15 is 0 Å². The topological polar surface area (TPSA) is 94.0 Å². The summed E-state index contributed by atoms with van der Waals surface area (Å²) >= 11 is 0. The van der Waals surface area contributed by atoms with Crippen molar-refractivity contribution in [3.05, 3.63) is 41.9 Å². The smallest absolute Gasteiger partial charge is 0.272 e.